The van der Waals surface area contributed by atoms with Gasteiger partial charge in [-0.05, 0) is 30.5 Å². The first-order chi connectivity index (χ1) is 6.36. The average Bonchev–Trinajstić information content (AvgIpc) is 2.19. The van der Waals surface area contributed by atoms with Crippen LogP contribution in [0.25, 0.3) is 0 Å². The van der Waals surface area contributed by atoms with Gasteiger partial charge in [0.25, 0.3) is 0 Å². The summed E-state index contributed by atoms with van der Waals surface area (Å²) >= 11 is 0. The maximum atomic E-state index is 12.8. The number of hydrogen-bond donors (Lipinski definition) is 0. The zero-order chi connectivity index (χ0) is 9.10. The van der Waals surface area contributed by atoms with E-state index >= 15 is 0 Å². The summed E-state index contributed by atoms with van der Waals surface area (Å²) in [5.74, 6) is -0.0469. The van der Waals surface area contributed by atoms with E-state index in [4.69, 9.17) is 4.74 Å². The molecule has 1 aliphatic rings. The van der Waals surface area contributed by atoms with Gasteiger partial charge in [0.2, 0.25) is 5.95 Å². The van der Waals surface area contributed by atoms with Gasteiger partial charge in [-0.3, -0.25) is 0 Å². The molecule has 1 unspecified atom stereocenters. The number of hydrogen-bond acceptors (Lipinski definition) is 2. The van der Waals surface area contributed by atoms with Gasteiger partial charge < -0.3 is 4.74 Å². The van der Waals surface area contributed by atoms with E-state index in [-0.39, 0.29) is 0 Å². The number of pyridine rings is 1. The maximum Gasteiger partial charge on any atom is 0.213 e. The molecular weight excluding hydrogens is 169 g/mol. The predicted octanol–water partition coefficient (Wildman–Crippen LogP) is 2.11. The molecule has 3 heteroatoms. The summed E-state index contributed by atoms with van der Waals surface area (Å²) in [4.78, 5) is 3.53. The van der Waals surface area contributed by atoms with Gasteiger partial charge in [-0.1, -0.05) is 0 Å². The zero-order valence-electron chi connectivity index (χ0n) is 7.37. The molecule has 1 saturated heterocycles. The van der Waals surface area contributed by atoms with E-state index in [2.05, 4.69) is 4.98 Å². The van der Waals surface area contributed by atoms with Crippen LogP contribution in [0.1, 0.15) is 24.3 Å². The van der Waals surface area contributed by atoms with Gasteiger partial charge in [0.15, 0.2) is 0 Å². The molecule has 0 radical (unpaired) electrons. The molecule has 2 nitrogen and oxygen atoms in total. The minimum Gasteiger partial charge on any atom is -0.381 e. The SMILES string of the molecule is Fc1cc(C2CCCOC2)ccn1. The van der Waals surface area contributed by atoms with Crippen molar-refractivity contribution >= 4 is 0 Å². The van der Waals surface area contributed by atoms with Gasteiger partial charge in [0.1, 0.15) is 0 Å². The second-order valence-electron chi connectivity index (χ2n) is 3.33. The molecule has 1 fully saturated rings. The summed E-state index contributed by atoms with van der Waals surface area (Å²) in [5, 5.41) is 0. The van der Waals surface area contributed by atoms with Crippen molar-refractivity contribution in [3.8, 4) is 0 Å². The van der Waals surface area contributed by atoms with Crippen molar-refractivity contribution in [3.63, 3.8) is 0 Å². The molecule has 0 aromatic carbocycles. The minimum atomic E-state index is -0.400. The molecule has 13 heavy (non-hydrogen) atoms. The molecule has 70 valence electrons. The van der Waals surface area contributed by atoms with Crippen LogP contribution in [-0.4, -0.2) is 18.2 Å². The third-order valence-corrected chi connectivity index (χ3v) is 2.38. The van der Waals surface area contributed by atoms with Crippen molar-refractivity contribution in [3.05, 3.63) is 29.8 Å². The predicted molar refractivity (Wildman–Crippen MR) is 47.0 cm³/mol. The van der Waals surface area contributed by atoms with Gasteiger partial charge in [-0.2, -0.15) is 4.39 Å². The fraction of sp³-hybridized carbons (Fsp3) is 0.500. The molecule has 0 aliphatic carbocycles. The number of rotatable bonds is 1. The van der Waals surface area contributed by atoms with E-state index in [0.29, 0.717) is 12.5 Å². The van der Waals surface area contributed by atoms with Gasteiger partial charge in [-0.25, -0.2) is 4.98 Å². The van der Waals surface area contributed by atoms with Gasteiger partial charge in [0.05, 0.1) is 6.61 Å². The molecule has 2 rings (SSSR count). The van der Waals surface area contributed by atoms with Crippen LogP contribution in [0.4, 0.5) is 4.39 Å². The summed E-state index contributed by atoms with van der Waals surface area (Å²) in [6, 6.07) is 3.36. The Bertz CT molecular complexity index is 284. The Labute approximate surface area is 76.7 Å². The number of aromatic nitrogens is 1. The number of halogens is 1. The fourth-order valence-corrected chi connectivity index (χ4v) is 1.67. The first kappa shape index (κ1) is 8.63. The molecule has 0 spiro atoms. The Balaban J connectivity index is 2.14. The van der Waals surface area contributed by atoms with E-state index < -0.39 is 5.95 Å². The molecule has 1 aromatic rings. The van der Waals surface area contributed by atoms with Crippen LogP contribution < -0.4 is 0 Å². The highest BCUT2D eigenvalue weighted by Gasteiger charge is 2.16. The molecule has 0 N–H and O–H groups in total. The first-order valence-corrected chi connectivity index (χ1v) is 4.55. The first-order valence-electron chi connectivity index (χ1n) is 4.55. The number of ether oxygens (including phenoxy) is 1. The summed E-state index contributed by atoms with van der Waals surface area (Å²) in [6.45, 7) is 1.55. The Morgan fingerprint density at radius 1 is 1.54 bits per heavy atom. The van der Waals surface area contributed by atoms with Crippen LogP contribution in [0.15, 0.2) is 18.3 Å². The topological polar surface area (TPSA) is 22.1 Å². The van der Waals surface area contributed by atoms with Gasteiger partial charge in [-0.15, -0.1) is 0 Å². The largest absolute Gasteiger partial charge is 0.381 e. The molecule has 1 atom stereocenters. The highest BCUT2D eigenvalue weighted by atomic mass is 19.1. The Morgan fingerprint density at radius 3 is 3.15 bits per heavy atom. The average molecular weight is 181 g/mol. The Kier molecular flexibility index (Phi) is 2.54. The van der Waals surface area contributed by atoms with Crippen LogP contribution in [0, 0.1) is 5.95 Å². The van der Waals surface area contributed by atoms with Gasteiger partial charge in [0, 0.05) is 18.7 Å². The highest BCUT2D eigenvalue weighted by Crippen LogP contribution is 2.24. The summed E-state index contributed by atoms with van der Waals surface area (Å²) in [6.07, 6.45) is 3.66. The standard InChI is InChI=1S/C10H12FNO/c11-10-6-8(3-4-12-10)9-2-1-5-13-7-9/h3-4,6,9H,1-2,5,7H2. The lowest BCUT2D eigenvalue weighted by molar-refractivity contribution is 0.0803. The minimum absolute atomic E-state index is 0.353. The molecule has 2 heterocycles. The zero-order valence-corrected chi connectivity index (χ0v) is 7.37. The van der Waals surface area contributed by atoms with Crippen LogP contribution >= 0.6 is 0 Å². The Morgan fingerprint density at radius 2 is 2.46 bits per heavy atom. The molecule has 1 aliphatic heterocycles. The van der Waals surface area contributed by atoms with E-state index in [0.717, 1.165) is 25.0 Å². The Hall–Kier alpha value is -0.960. The molecule has 0 amide bonds. The lowest BCUT2D eigenvalue weighted by Crippen LogP contribution is -2.15. The van der Waals surface area contributed by atoms with Gasteiger partial charge >= 0.3 is 0 Å². The lowest BCUT2D eigenvalue weighted by atomic mass is 9.94. The molecule has 0 saturated carbocycles. The third kappa shape index (κ3) is 2.04. The van der Waals surface area contributed by atoms with Crippen molar-refractivity contribution in [1.29, 1.82) is 0 Å². The maximum absolute atomic E-state index is 12.8. The summed E-state index contributed by atoms with van der Waals surface area (Å²) in [5.41, 5.74) is 1.01. The summed E-state index contributed by atoms with van der Waals surface area (Å²) in [7, 11) is 0. The quantitative estimate of drug-likeness (QED) is 0.619. The van der Waals surface area contributed by atoms with E-state index in [1.165, 1.54) is 12.3 Å². The normalized spacial score (nSPS) is 23.0. The molecule has 0 bridgehead atoms. The van der Waals surface area contributed by atoms with Crippen LogP contribution in [0.5, 0.6) is 0 Å². The third-order valence-electron chi connectivity index (χ3n) is 2.38. The van der Waals surface area contributed by atoms with Crippen molar-refractivity contribution in [1.82, 2.24) is 4.98 Å². The second kappa shape index (κ2) is 3.83. The molecule has 1 aromatic heterocycles. The van der Waals surface area contributed by atoms with Crippen molar-refractivity contribution in [2.45, 2.75) is 18.8 Å². The lowest BCUT2D eigenvalue weighted by Gasteiger charge is -2.22. The van der Waals surface area contributed by atoms with Crippen molar-refractivity contribution in [2.24, 2.45) is 0 Å². The second-order valence-corrected chi connectivity index (χ2v) is 3.33. The van der Waals surface area contributed by atoms with Crippen molar-refractivity contribution < 1.29 is 9.13 Å². The van der Waals surface area contributed by atoms with Crippen LogP contribution in [0.3, 0.4) is 0 Å². The van der Waals surface area contributed by atoms with Crippen molar-refractivity contribution in [2.75, 3.05) is 13.2 Å². The van der Waals surface area contributed by atoms with Crippen LogP contribution in [0.2, 0.25) is 0 Å². The monoisotopic (exact) mass is 181 g/mol. The van der Waals surface area contributed by atoms with Crippen LogP contribution in [-0.2, 0) is 4.74 Å². The number of nitrogens with zero attached hydrogens (tertiary/aromatic N) is 1. The van der Waals surface area contributed by atoms with E-state index in [1.807, 2.05) is 6.07 Å². The van der Waals surface area contributed by atoms with E-state index in [1.54, 1.807) is 0 Å². The van der Waals surface area contributed by atoms with E-state index in [9.17, 15) is 4.39 Å². The molecular formula is C10H12FNO. The smallest absolute Gasteiger partial charge is 0.213 e. The fourth-order valence-electron chi connectivity index (χ4n) is 1.67. The highest BCUT2D eigenvalue weighted by molar-refractivity contribution is 5.16. The summed E-state index contributed by atoms with van der Waals surface area (Å²) < 4.78 is 18.1.